The molecule has 4 aromatic rings. The minimum Gasteiger partial charge on any atom is -0.296 e. The van der Waals surface area contributed by atoms with Crippen LogP contribution in [-0.2, 0) is 6.18 Å². The zero-order chi connectivity index (χ0) is 22.3. The third kappa shape index (κ3) is 4.04. The number of aromatic nitrogens is 3. The van der Waals surface area contributed by atoms with Gasteiger partial charge in [0.15, 0.2) is 10.8 Å². The lowest BCUT2D eigenvalue weighted by atomic mass is 10.1. The Kier molecular flexibility index (Phi) is 5.05. The van der Waals surface area contributed by atoms with E-state index in [-0.39, 0.29) is 16.5 Å². The standard InChI is InChI=1S/C20H12F4N4O2S/c1-10-8-15(29)17(27-28(10)14-5-3-2-4-12(14)20(22,23)24)18(30)26-19-25-13-7-6-11(21)9-16(13)31-19/h2-9H,1H3,(H,25,26,30). The van der Waals surface area contributed by atoms with Crippen LogP contribution in [0.4, 0.5) is 22.7 Å². The Morgan fingerprint density at radius 3 is 2.61 bits per heavy atom. The predicted molar refractivity (Wildman–Crippen MR) is 107 cm³/mol. The number of nitrogens with one attached hydrogen (secondary N) is 1. The first kappa shape index (κ1) is 20.7. The molecule has 2 heterocycles. The molecule has 11 heteroatoms. The van der Waals surface area contributed by atoms with Gasteiger partial charge in [0.05, 0.1) is 21.5 Å². The maximum absolute atomic E-state index is 13.4. The Bertz CT molecular complexity index is 1380. The fourth-order valence-corrected chi connectivity index (χ4v) is 3.84. The lowest BCUT2D eigenvalue weighted by Crippen LogP contribution is -2.27. The van der Waals surface area contributed by atoms with E-state index in [4.69, 9.17) is 0 Å². The zero-order valence-corrected chi connectivity index (χ0v) is 16.5. The van der Waals surface area contributed by atoms with Gasteiger partial charge in [0.1, 0.15) is 5.82 Å². The minimum absolute atomic E-state index is 0.0922. The van der Waals surface area contributed by atoms with Crippen LogP contribution in [-0.4, -0.2) is 20.7 Å². The van der Waals surface area contributed by atoms with Crippen molar-refractivity contribution in [1.82, 2.24) is 14.8 Å². The summed E-state index contributed by atoms with van der Waals surface area (Å²) < 4.78 is 54.9. The summed E-state index contributed by atoms with van der Waals surface area (Å²) >= 11 is 0.981. The molecular formula is C20H12F4N4O2S. The van der Waals surface area contributed by atoms with E-state index in [1.54, 1.807) is 0 Å². The number of carbonyl (C=O) groups is 1. The summed E-state index contributed by atoms with van der Waals surface area (Å²) in [6.45, 7) is 1.41. The number of halogens is 4. The molecule has 2 aromatic heterocycles. The van der Waals surface area contributed by atoms with E-state index < -0.39 is 34.6 Å². The van der Waals surface area contributed by atoms with Gasteiger partial charge in [-0.2, -0.15) is 18.3 Å². The average molecular weight is 448 g/mol. The average Bonchev–Trinajstić information content (AvgIpc) is 3.08. The number of alkyl halides is 3. The predicted octanol–water partition coefficient (Wildman–Crippen LogP) is 4.56. The Morgan fingerprint density at radius 2 is 1.87 bits per heavy atom. The summed E-state index contributed by atoms with van der Waals surface area (Å²) in [6, 6.07) is 9.62. The Hall–Kier alpha value is -3.60. The molecule has 158 valence electrons. The van der Waals surface area contributed by atoms with Gasteiger partial charge in [-0.05, 0) is 37.3 Å². The molecule has 31 heavy (non-hydrogen) atoms. The van der Waals surface area contributed by atoms with Crippen molar-refractivity contribution >= 4 is 32.6 Å². The van der Waals surface area contributed by atoms with Gasteiger partial charge in [0.2, 0.25) is 5.43 Å². The Balaban J connectivity index is 1.74. The first-order chi connectivity index (χ1) is 14.6. The van der Waals surface area contributed by atoms with Crippen LogP contribution in [0, 0.1) is 12.7 Å². The van der Waals surface area contributed by atoms with Crippen molar-refractivity contribution in [3.63, 3.8) is 0 Å². The number of para-hydroxylation sites is 1. The first-order valence-corrected chi connectivity index (χ1v) is 9.60. The third-order valence-electron chi connectivity index (χ3n) is 4.33. The van der Waals surface area contributed by atoms with Crippen molar-refractivity contribution in [2.75, 3.05) is 5.32 Å². The second-order valence-electron chi connectivity index (χ2n) is 6.51. The summed E-state index contributed by atoms with van der Waals surface area (Å²) in [5.41, 5.74) is -2.09. The molecule has 0 fully saturated rings. The van der Waals surface area contributed by atoms with Crippen LogP contribution in [0.25, 0.3) is 15.9 Å². The highest BCUT2D eigenvalue weighted by Crippen LogP contribution is 2.33. The third-order valence-corrected chi connectivity index (χ3v) is 5.26. The van der Waals surface area contributed by atoms with Crippen molar-refractivity contribution in [3.8, 4) is 5.69 Å². The molecule has 0 unspecified atom stereocenters. The molecule has 0 bridgehead atoms. The number of hydrogen-bond acceptors (Lipinski definition) is 5. The molecule has 0 aliphatic heterocycles. The van der Waals surface area contributed by atoms with Crippen LogP contribution in [0.5, 0.6) is 0 Å². The highest BCUT2D eigenvalue weighted by Gasteiger charge is 2.34. The molecule has 1 amide bonds. The number of amides is 1. The number of aryl methyl sites for hydroxylation is 1. The van der Waals surface area contributed by atoms with Crippen LogP contribution in [0.3, 0.4) is 0 Å². The van der Waals surface area contributed by atoms with E-state index in [0.717, 1.165) is 28.2 Å². The molecule has 0 radical (unpaired) electrons. The van der Waals surface area contributed by atoms with Gasteiger partial charge in [-0.3, -0.25) is 14.9 Å². The summed E-state index contributed by atoms with van der Waals surface area (Å²) in [6.07, 6.45) is -4.66. The largest absolute Gasteiger partial charge is 0.418 e. The van der Waals surface area contributed by atoms with Crippen molar-refractivity contribution in [3.05, 3.63) is 81.5 Å². The molecule has 1 N–H and O–H groups in total. The molecule has 2 aromatic carbocycles. The van der Waals surface area contributed by atoms with Gasteiger partial charge in [-0.15, -0.1) is 0 Å². The van der Waals surface area contributed by atoms with E-state index in [0.29, 0.717) is 10.2 Å². The second-order valence-corrected chi connectivity index (χ2v) is 7.54. The highest BCUT2D eigenvalue weighted by atomic mass is 32.1. The normalized spacial score (nSPS) is 11.6. The number of carbonyl (C=O) groups excluding carboxylic acids is 1. The van der Waals surface area contributed by atoms with Crippen molar-refractivity contribution in [2.45, 2.75) is 13.1 Å². The van der Waals surface area contributed by atoms with Gasteiger partial charge in [0, 0.05) is 11.8 Å². The highest BCUT2D eigenvalue weighted by molar-refractivity contribution is 7.22. The number of hydrogen-bond donors (Lipinski definition) is 1. The maximum atomic E-state index is 13.4. The van der Waals surface area contributed by atoms with Gasteiger partial charge >= 0.3 is 6.18 Å². The van der Waals surface area contributed by atoms with Crippen LogP contribution in [0.2, 0.25) is 0 Å². The molecule has 0 spiro atoms. The maximum Gasteiger partial charge on any atom is 0.418 e. The summed E-state index contributed by atoms with van der Waals surface area (Å²) in [4.78, 5) is 29.1. The molecule has 0 aliphatic rings. The van der Waals surface area contributed by atoms with E-state index in [9.17, 15) is 27.2 Å². The lowest BCUT2D eigenvalue weighted by Gasteiger charge is -2.16. The number of fused-ring (bicyclic) bond motifs is 1. The second kappa shape index (κ2) is 7.58. The van der Waals surface area contributed by atoms with Crippen LogP contribution in [0.1, 0.15) is 21.7 Å². The number of rotatable bonds is 3. The fraction of sp³-hybridized carbons (Fsp3) is 0.100. The van der Waals surface area contributed by atoms with E-state index in [1.807, 2.05) is 0 Å². The van der Waals surface area contributed by atoms with Crippen molar-refractivity contribution < 1.29 is 22.4 Å². The molecule has 0 aliphatic carbocycles. The van der Waals surface area contributed by atoms with Crippen LogP contribution < -0.4 is 10.7 Å². The zero-order valence-electron chi connectivity index (χ0n) is 15.7. The van der Waals surface area contributed by atoms with Crippen LogP contribution >= 0.6 is 11.3 Å². The first-order valence-electron chi connectivity index (χ1n) is 8.78. The number of nitrogens with zero attached hydrogens (tertiary/aromatic N) is 3. The summed E-state index contributed by atoms with van der Waals surface area (Å²) in [5.74, 6) is -1.41. The quantitative estimate of drug-likeness (QED) is 0.466. The Labute approximate surface area is 175 Å². The molecule has 4 rings (SSSR count). The topological polar surface area (TPSA) is 76.9 Å². The number of benzene rings is 2. The lowest BCUT2D eigenvalue weighted by molar-refractivity contribution is -0.137. The molecular weight excluding hydrogens is 436 g/mol. The van der Waals surface area contributed by atoms with Gasteiger partial charge < -0.3 is 0 Å². The van der Waals surface area contributed by atoms with Gasteiger partial charge in [-0.1, -0.05) is 23.5 Å². The monoisotopic (exact) mass is 448 g/mol. The van der Waals surface area contributed by atoms with E-state index in [2.05, 4.69) is 15.4 Å². The van der Waals surface area contributed by atoms with Gasteiger partial charge in [-0.25, -0.2) is 14.1 Å². The Morgan fingerprint density at radius 1 is 1.13 bits per heavy atom. The summed E-state index contributed by atoms with van der Waals surface area (Å²) in [5, 5.41) is 6.38. The van der Waals surface area contributed by atoms with Gasteiger partial charge in [0.25, 0.3) is 5.91 Å². The molecule has 0 saturated heterocycles. The SMILES string of the molecule is Cc1cc(=O)c(C(=O)Nc2nc3ccc(F)cc3s2)nn1-c1ccccc1C(F)(F)F. The number of thiazole rings is 1. The minimum atomic E-state index is -4.66. The van der Waals surface area contributed by atoms with E-state index >= 15 is 0 Å². The van der Waals surface area contributed by atoms with Crippen molar-refractivity contribution in [2.24, 2.45) is 0 Å². The summed E-state index contributed by atoms with van der Waals surface area (Å²) in [7, 11) is 0. The molecule has 0 saturated carbocycles. The van der Waals surface area contributed by atoms with Crippen molar-refractivity contribution in [1.29, 1.82) is 0 Å². The molecule has 6 nitrogen and oxygen atoms in total. The number of anilines is 1. The fourth-order valence-electron chi connectivity index (χ4n) is 2.95. The van der Waals surface area contributed by atoms with E-state index in [1.165, 1.54) is 43.3 Å². The van der Waals surface area contributed by atoms with Crippen LogP contribution in [0.15, 0.2) is 53.3 Å². The molecule has 0 atom stereocenters. The smallest absolute Gasteiger partial charge is 0.296 e.